The highest BCUT2D eigenvalue weighted by Gasteiger charge is 2.21. The zero-order valence-electron chi connectivity index (χ0n) is 12.5. The van der Waals surface area contributed by atoms with Gasteiger partial charge < -0.3 is 9.84 Å². The molecule has 2 rings (SSSR count). The molecule has 1 aromatic carbocycles. The molecule has 116 valence electrons. The van der Waals surface area contributed by atoms with Gasteiger partial charge in [-0.25, -0.2) is 0 Å². The van der Waals surface area contributed by atoms with Gasteiger partial charge >= 0.3 is 5.69 Å². The van der Waals surface area contributed by atoms with Crippen molar-refractivity contribution in [3.8, 4) is 5.75 Å². The fraction of sp³-hybridized carbons (Fsp3) is 0.625. The number of rotatable bonds is 7. The van der Waals surface area contributed by atoms with E-state index < -0.39 is 11.0 Å². The van der Waals surface area contributed by atoms with Crippen LogP contribution in [0.2, 0.25) is 0 Å². The molecule has 21 heavy (non-hydrogen) atoms. The molecule has 1 saturated carbocycles. The highest BCUT2D eigenvalue weighted by molar-refractivity contribution is 5.48. The highest BCUT2D eigenvalue weighted by atomic mass is 16.6. The van der Waals surface area contributed by atoms with Crippen LogP contribution in [0.4, 0.5) is 5.69 Å². The average Bonchev–Trinajstić information content (AvgIpc) is 2.97. The molecule has 5 nitrogen and oxygen atoms in total. The minimum Gasteiger partial charge on any atom is -0.484 e. The monoisotopic (exact) mass is 293 g/mol. The Morgan fingerprint density at radius 1 is 1.43 bits per heavy atom. The van der Waals surface area contributed by atoms with Gasteiger partial charge in [0, 0.05) is 6.07 Å². The fourth-order valence-corrected chi connectivity index (χ4v) is 2.93. The second-order valence-corrected chi connectivity index (χ2v) is 5.76. The lowest BCUT2D eigenvalue weighted by Crippen LogP contribution is -2.20. The van der Waals surface area contributed by atoms with Crippen LogP contribution in [0, 0.1) is 16.0 Å². The number of hydrogen-bond donors (Lipinski definition) is 1. The summed E-state index contributed by atoms with van der Waals surface area (Å²) in [5.41, 5.74) is 0.878. The van der Waals surface area contributed by atoms with Crippen molar-refractivity contribution < 1.29 is 14.8 Å². The Bertz CT molecular complexity index is 483. The number of nitro benzene ring substituents is 1. The van der Waals surface area contributed by atoms with E-state index in [0.29, 0.717) is 5.92 Å². The number of aryl methyl sites for hydroxylation is 1. The Hall–Kier alpha value is -1.62. The molecule has 1 fully saturated rings. The topological polar surface area (TPSA) is 72.6 Å². The van der Waals surface area contributed by atoms with E-state index in [-0.39, 0.29) is 18.0 Å². The van der Waals surface area contributed by atoms with Crippen molar-refractivity contribution in [2.45, 2.75) is 51.6 Å². The van der Waals surface area contributed by atoms with E-state index in [1.54, 1.807) is 12.1 Å². The lowest BCUT2D eigenvalue weighted by Gasteiger charge is -2.16. The van der Waals surface area contributed by atoms with Gasteiger partial charge in [-0.2, -0.15) is 0 Å². The third-order valence-corrected chi connectivity index (χ3v) is 4.14. The van der Waals surface area contributed by atoms with Crippen LogP contribution in [-0.2, 0) is 6.42 Å². The minimum atomic E-state index is -0.557. The number of benzene rings is 1. The van der Waals surface area contributed by atoms with Crippen LogP contribution in [-0.4, -0.2) is 22.7 Å². The molecule has 1 atom stereocenters. The third kappa shape index (κ3) is 4.43. The summed E-state index contributed by atoms with van der Waals surface area (Å²) in [5.74, 6) is 0.809. The Morgan fingerprint density at radius 3 is 2.76 bits per heavy atom. The van der Waals surface area contributed by atoms with Crippen LogP contribution >= 0.6 is 0 Å². The molecule has 0 amide bonds. The van der Waals surface area contributed by atoms with Crippen LogP contribution in [0.3, 0.4) is 0 Å². The molecular formula is C16H23NO4. The Labute approximate surface area is 125 Å². The zero-order valence-corrected chi connectivity index (χ0v) is 12.5. The van der Waals surface area contributed by atoms with E-state index in [4.69, 9.17) is 4.74 Å². The van der Waals surface area contributed by atoms with Gasteiger partial charge in [0.1, 0.15) is 6.61 Å². The molecule has 0 radical (unpaired) electrons. The van der Waals surface area contributed by atoms with Crippen molar-refractivity contribution in [2.24, 2.45) is 5.92 Å². The quantitative estimate of drug-likeness (QED) is 0.617. The van der Waals surface area contributed by atoms with Crippen molar-refractivity contribution in [1.29, 1.82) is 0 Å². The molecule has 0 bridgehead atoms. The van der Waals surface area contributed by atoms with Crippen LogP contribution in [0.5, 0.6) is 5.75 Å². The first-order chi connectivity index (χ1) is 10.1. The van der Waals surface area contributed by atoms with Crippen molar-refractivity contribution >= 4 is 5.69 Å². The number of aliphatic hydroxyl groups excluding tert-OH is 1. The maximum absolute atomic E-state index is 11.1. The molecule has 1 aromatic rings. The predicted molar refractivity (Wildman–Crippen MR) is 80.6 cm³/mol. The van der Waals surface area contributed by atoms with Crippen LogP contribution in [0.25, 0.3) is 0 Å². The lowest BCUT2D eigenvalue weighted by molar-refractivity contribution is -0.386. The van der Waals surface area contributed by atoms with E-state index >= 15 is 0 Å². The summed E-state index contributed by atoms with van der Waals surface area (Å²) in [5, 5.41) is 21.1. The lowest BCUT2D eigenvalue weighted by atomic mass is 10.0. The van der Waals surface area contributed by atoms with Gasteiger partial charge in [-0.3, -0.25) is 10.1 Å². The zero-order chi connectivity index (χ0) is 15.2. The summed E-state index contributed by atoms with van der Waals surface area (Å²) in [6, 6.07) is 4.99. The molecule has 0 aliphatic heterocycles. The normalized spacial score (nSPS) is 16.9. The number of nitrogens with zero attached hydrogens (tertiary/aromatic N) is 1. The first-order valence-electron chi connectivity index (χ1n) is 7.68. The second-order valence-electron chi connectivity index (χ2n) is 5.76. The fourth-order valence-electron chi connectivity index (χ4n) is 2.93. The number of ether oxygens (including phenoxy) is 1. The molecule has 5 heteroatoms. The van der Waals surface area contributed by atoms with Crippen LogP contribution < -0.4 is 4.74 Å². The van der Waals surface area contributed by atoms with E-state index in [0.717, 1.165) is 18.4 Å². The van der Waals surface area contributed by atoms with Gasteiger partial charge in [0.15, 0.2) is 5.75 Å². The Balaban J connectivity index is 1.93. The largest absolute Gasteiger partial charge is 0.484 e. The summed E-state index contributed by atoms with van der Waals surface area (Å²) >= 11 is 0. The van der Waals surface area contributed by atoms with E-state index in [1.165, 1.54) is 25.7 Å². The van der Waals surface area contributed by atoms with Gasteiger partial charge in [-0.1, -0.05) is 38.7 Å². The molecule has 1 unspecified atom stereocenters. The first-order valence-corrected chi connectivity index (χ1v) is 7.68. The summed E-state index contributed by atoms with van der Waals surface area (Å²) in [4.78, 5) is 10.6. The van der Waals surface area contributed by atoms with Crippen molar-refractivity contribution in [3.63, 3.8) is 0 Å². The summed E-state index contributed by atoms with van der Waals surface area (Å²) < 4.78 is 5.48. The molecule has 1 aliphatic carbocycles. The molecule has 1 aliphatic rings. The SMILES string of the molecule is CCc1ccc(OCC(O)CC2CCCC2)c([N+](=O)[O-])c1. The number of aliphatic hydroxyl groups is 1. The van der Waals surface area contributed by atoms with E-state index in [2.05, 4.69) is 0 Å². The van der Waals surface area contributed by atoms with Crippen molar-refractivity contribution in [3.05, 3.63) is 33.9 Å². The average molecular weight is 293 g/mol. The maximum Gasteiger partial charge on any atom is 0.311 e. The number of nitro groups is 1. The van der Waals surface area contributed by atoms with Crippen molar-refractivity contribution in [2.75, 3.05) is 6.61 Å². The van der Waals surface area contributed by atoms with Gasteiger partial charge in [0.25, 0.3) is 0 Å². The molecule has 0 heterocycles. The predicted octanol–water partition coefficient (Wildman–Crippen LogP) is 3.48. The number of hydrogen-bond acceptors (Lipinski definition) is 4. The molecule has 1 N–H and O–H groups in total. The van der Waals surface area contributed by atoms with Gasteiger partial charge in [0.2, 0.25) is 0 Å². The first kappa shape index (κ1) is 15.8. The molecule has 0 spiro atoms. The van der Waals surface area contributed by atoms with Gasteiger partial charge in [-0.05, 0) is 30.4 Å². The van der Waals surface area contributed by atoms with Crippen LogP contribution in [0.1, 0.15) is 44.6 Å². The molecular weight excluding hydrogens is 270 g/mol. The van der Waals surface area contributed by atoms with Crippen molar-refractivity contribution in [1.82, 2.24) is 0 Å². The Kier molecular flexibility index (Phi) is 5.56. The van der Waals surface area contributed by atoms with Crippen LogP contribution in [0.15, 0.2) is 18.2 Å². The summed E-state index contributed by atoms with van der Waals surface area (Å²) in [6.07, 6.45) is 5.72. The summed E-state index contributed by atoms with van der Waals surface area (Å²) in [7, 11) is 0. The maximum atomic E-state index is 11.1. The molecule has 0 saturated heterocycles. The van der Waals surface area contributed by atoms with Gasteiger partial charge in [0.05, 0.1) is 11.0 Å². The van der Waals surface area contributed by atoms with E-state index in [1.807, 2.05) is 13.0 Å². The highest BCUT2D eigenvalue weighted by Crippen LogP contribution is 2.30. The second kappa shape index (κ2) is 7.41. The summed E-state index contributed by atoms with van der Waals surface area (Å²) in [6.45, 7) is 2.06. The smallest absolute Gasteiger partial charge is 0.311 e. The van der Waals surface area contributed by atoms with E-state index in [9.17, 15) is 15.2 Å². The Morgan fingerprint density at radius 2 is 2.14 bits per heavy atom. The minimum absolute atomic E-state index is 0.0255. The molecule has 0 aromatic heterocycles. The van der Waals surface area contributed by atoms with Gasteiger partial charge in [-0.15, -0.1) is 0 Å². The standard InChI is InChI=1S/C16H23NO4/c1-2-12-7-8-16(15(10-12)17(19)20)21-11-14(18)9-13-5-3-4-6-13/h7-8,10,13-14,18H,2-6,9,11H2,1H3. The third-order valence-electron chi connectivity index (χ3n) is 4.14.